The molecule has 0 N–H and O–H groups in total. The van der Waals surface area contributed by atoms with Gasteiger partial charge in [-0.3, -0.25) is 4.98 Å². The first-order valence-electron chi connectivity index (χ1n) is 12.6. The molecule has 0 aliphatic heterocycles. The Morgan fingerprint density at radius 3 is 2.26 bits per heavy atom. The molecule has 2 heterocycles. The average Bonchev–Trinajstić information content (AvgIpc) is 3.27. The van der Waals surface area contributed by atoms with Gasteiger partial charge in [0, 0.05) is 27.9 Å². The lowest BCUT2D eigenvalue weighted by molar-refractivity contribution is 0.444. The van der Waals surface area contributed by atoms with Crippen molar-refractivity contribution < 1.29 is 4.42 Å². The van der Waals surface area contributed by atoms with Crippen molar-refractivity contribution >= 4 is 21.9 Å². The summed E-state index contributed by atoms with van der Waals surface area (Å²) in [5, 5.41) is 2.40. The van der Waals surface area contributed by atoms with Crippen molar-refractivity contribution in [3.8, 4) is 11.3 Å². The Morgan fingerprint density at radius 2 is 1.47 bits per heavy atom. The molecular weight excluding hydrogens is 414 g/mol. The lowest BCUT2D eigenvalue weighted by Crippen LogP contribution is -2.18. The fraction of sp³-hybridized carbons (Fsp3) is 0.281. The Morgan fingerprint density at radius 1 is 0.735 bits per heavy atom. The van der Waals surface area contributed by atoms with Crippen LogP contribution in [-0.2, 0) is 5.41 Å². The zero-order chi connectivity index (χ0) is 23.1. The first-order chi connectivity index (χ1) is 16.6. The van der Waals surface area contributed by atoms with Gasteiger partial charge in [-0.2, -0.15) is 0 Å². The third-order valence-electron chi connectivity index (χ3n) is 7.84. The molecule has 0 bridgehead atoms. The minimum atomic E-state index is -0.0969. The van der Waals surface area contributed by atoms with Crippen LogP contribution in [0.15, 0.2) is 89.5 Å². The molecule has 1 aliphatic rings. The zero-order valence-electron chi connectivity index (χ0n) is 20.1. The number of benzene rings is 3. The molecule has 0 spiro atoms. The van der Waals surface area contributed by atoms with Crippen LogP contribution in [0.1, 0.15) is 68.6 Å². The van der Waals surface area contributed by atoms with Gasteiger partial charge in [0.1, 0.15) is 11.2 Å². The quantitative estimate of drug-likeness (QED) is 0.276. The average molecular weight is 446 g/mol. The van der Waals surface area contributed by atoms with Crippen LogP contribution in [0, 0.1) is 0 Å². The van der Waals surface area contributed by atoms with Gasteiger partial charge in [-0.1, -0.05) is 69.5 Å². The molecular formula is C32H31NO. The third kappa shape index (κ3) is 3.72. The summed E-state index contributed by atoms with van der Waals surface area (Å²) in [6.45, 7) is 4.56. The summed E-state index contributed by atoms with van der Waals surface area (Å²) in [5.41, 5.74) is 7.98. The third-order valence-corrected chi connectivity index (χ3v) is 7.84. The van der Waals surface area contributed by atoms with E-state index in [1.807, 2.05) is 6.20 Å². The van der Waals surface area contributed by atoms with Crippen LogP contribution in [0.4, 0.5) is 0 Å². The van der Waals surface area contributed by atoms with Gasteiger partial charge in [0.25, 0.3) is 0 Å². The molecule has 1 fully saturated rings. The van der Waals surface area contributed by atoms with Crippen molar-refractivity contribution in [1.29, 1.82) is 0 Å². The molecule has 2 aromatic heterocycles. The topological polar surface area (TPSA) is 26.0 Å². The van der Waals surface area contributed by atoms with E-state index in [1.165, 1.54) is 59.6 Å². The van der Waals surface area contributed by atoms with Crippen LogP contribution in [0.25, 0.3) is 33.2 Å². The largest absolute Gasteiger partial charge is 0.456 e. The normalized spacial score (nSPS) is 15.2. The number of hydrogen-bond acceptors (Lipinski definition) is 2. The Bertz CT molecular complexity index is 1450. The molecule has 1 aliphatic carbocycles. The van der Waals surface area contributed by atoms with Gasteiger partial charge in [-0.05, 0) is 77.9 Å². The summed E-state index contributed by atoms with van der Waals surface area (Å²) < 4.78 is 6.20. The summed E-state index contributed by atoms with van der Waals surface area (Å²) in [6, 6.07) is 28.4. The lowest BCUT2D eigenvalue weighted by atomic mass is 9.78. The van der Waals surface area contributed by atoms with Gasteiger partial charge >= 0.3 is 0 Å². The van der Waals surface area contributed by atoms with E-state index in [9.17, 15) is 0 Å². The van der Waals surface area contributed by atoms with Crippen molar-refractivity contribution in [3.05, 3.63) is 102 Å². The number of pyridine rings is 1. The smallest absolute Gasteiger partial charge is 0.135 e. The molecule has 1 saturated carbocycles. The van der Waals surface area contributed by atoms with Gasteiger partial charge in [0.15, 0.2) is 0 Å². The van der Waals surface area contributed by atoms with Crippen LogP contribution in [0.3, 0.4) is 0 Å². The Kier molecular flexibility index (Phi) is 5.25. The Balaban J connectivity index is 1.41. The van der Waals surface area contributed by atoms with E-state index in [-0.39, 0.29) is 5.41 Å². The first kappa shape index (κ1) is 21.2. The molecule has 3 aromatic carbocycles. The van der Waals surface area contributed by atoms with Crippen molar-refractivity contribution in [2.45, 2.75) is 57.3 Å². The van der Waals surface area contributed by atoms with Crippen LogP contribution < -0.4 is 0 Å². The minimum Gasteiger partial charge on any atom is -0.456 e. The molecule has 0 radical (unpaired) electrons. The number of fused-ring (bicyclic) bond motifs is 3. The van der Waals surface area contributed by atoms with Crippen molar-refractivity contribution in [1.82, 2.24) is 4.98 Å². The van der Waals surface area contributed by atoms with Gasteiger partial charge in [-0.25, -0.2) is 0 Å². The first-order valence-corrected chi connectivity index (χ1v) is 12.6. The number of rotatable bonds is 4. The van der Waals surface area contributed by atoms with Crippen LogP contribution >= 0.6 is 0 Å². The van der Waals surface area contributed by atoms with Crippen molar-refractivity contribution in [3.63, 3.8) is 0 Å². The highest BCUT2D eigenvalue weighted by atomic mass is 16.3. The maximum atomic E-state index is 6.20. The van der Waals surface area contributed by atoms with Crippen LogP contribution in [0.2, 0.25) is 0 Å². The van der Waals surface area contributed by atoms with E-state index in [0.717, 1.165) is 22.4 Å². The highest BCUT2D eigenvalue weighted by molar-refractivity contribution is 6.06. The molecule has 2 nitrogen and oxygen atoms in total. The molecule has 0 atom stereocenters. The van der Waals surface area contributed by atoms with Gasteiger partial charge < -0.3 is 4.42 Å². The number of furan rings is 1. The molecule has 0 saturated heterocycles. The molecule has 0 unspecified atom stereocenters. The molecule has 2 heteroatoms. The van der Waals surface area contributed by atoms with Crippen molar-refractivity contribution in [2.75, 3.05) is 0 Å². The summed E-state index contributed by atoms with van der Waals surface area (Å²) in [5.74, 6) is 0.685. The molecule has 0 amide bonds. The number of nitrogens with zero attached hydrogens (tertiary/aromatic N) is 1. The predicted molar refractivity (Wildman–Crippen MR) is 141 cm³/mol. The van der Waals surface area contributed by atoms with Gasteiger partial charge in [0.05, 0.1) is 5.69 Å². The number of hydrogen-bond donors (Lipinski definition) is 0. The monoisotopic (exact) mass is 445 g/mol. The maximum absolute atomic E-state index is 6.20. The molecule has 34 heavy (non-hydrogen) atoms. The Hall–Kier alpha value is -3.39. The summed E-state index contributed by atoms with van der Waals surface area (Å²) >= 11 is 0. The lowest BCUT2D eigenvalue weighted by Gasteiger charge is -2.26. The highest BCUT2D eigenvalue weighted by Gasteiger charge is 2.24. The summed E-state index contributed by atoms with van der Waals surface area (Å²) in [4.78, 5) is 4.75. The standard InChI is InChI=1S/C32H31NO/c1-32(2,25-11-7-4-8-12-25)26-17-18-33-29(21-26)24-14-16-31-28(20-24)27-19-23(13-15-30(27)34-31)22-9-5-3-6-10-22/h4,7-8,11-22H,3,5-6,9-10H2,1-2H3. The van der Waals surface area contributed by atoms with E-state index < -0.39 is 0 Å². The van der Waals surface area contributed by atoms with Crippen LogP contribution in [-0.4, -0.2) is 4.98 Å². The van der Waals surface area contributed by atoms with Gasteiger partial charge in [0.2, 0.25) is 0 Å². The fourth-order valence-electron chi connectivity index (χ4n) is 5.64. The fourth-order valence-corrected chi connectivity index (χ4v) is 5.64. The van der Waals surface area contributed by atoms with Crippen molar-refractivity contribution in [2.24, 2.45) is 0 Å². The van der Waals surface area contributed by atoms with Gasteiger partial charge in [-0.15, -0.1) is 0 Å². The summed E-state index contributed by atoms with van der Waals surface area (Å²) in [6.07, 6.45) is 8.62. The number of aromatic nitrogens is 1. The van der Waals surface area contributed by atoms with E-state index in [2.05, 4.69) is 92.7 Å². The second-order valence-electron chi connectivity index (χ2n) is 10.3. The molecule has 6 rings (SSSR count). The highest BCUT2D eigenvalue weighted by Crippen LogP contribution is 2.38. The van der Waals surface area contributed by atoms with E-state index >= 15 is 0 Å². The molecule has 5 aromatic rings. The van der Waals surface area contributed by atoms with E-state index in [1.54, 1.807) is 0 Å². The van der Waals surface area contributed by atoms with Crippen LogP contribution in [0.5, 0.6) is 0 Å². The predicted octanol–water partition coefficient (Wildman–Crippen LogP) is 9.02. The minimum absolute atomic E-state index is 0.0969. The second-order valence-corrected chi connectivity index (χ2v) is 10.3. The van der Waals surface area contributed by atoms with E-state index in [0.29, 0.717) is 5.92 Å². The van der Waals surface area contributed by atoms with E-state index in [4.69, 9.17) is 9.40 Å². The SMILES string of the molecule is CC(C)(c1ccccc1)c1ccnc(-c2ccc3oc4ccc(C5CCCCC5)cc4c3c2)c1. The molecule has 170 valence electrons. The zero-order valence-corrected chi connectivity index (χ0v) is 20.1. The second kappa shape index (κ2) is 8.43. The summed E-state index contributed by atoms with van der Waals surface area (Å²) in [7, 11) is 0. The Labute approximate surface area is 201 Å². The maximum Gasteiger partial charge on any atom is 0.135 e.